The van der Waals surface area contributed by atoms with Gasteiger partial charge in [0.15, 0.2) is 0 Å². The quantitative estimate of drug-likeness (QED) is 0.786. The summed E-state index contributed by atoms with van der Waals surface area (Å²) in [6.07, 6.45) is 0.682. The highest BCUT2D eigenvalue weighted by molar-refractivity contribution is 6.28. The van der Waals surface area contributed by atoms with Crippen LogP contribution in [0.5, 0.6) is 0 Å². The molecule has 1 aromatic heterocycles. The molecule has 78 valence electrons. The molecule has 15 heavy (non-hydrogen) atoms. The fourth-order valence-corrected chi connectivity index (χ4v) is 1.63. The van der Waals surface area contributed by atoms with E-state index in [1.165, 1.54) is 0 Å². The molecule has 0 aliphatic carbocycles. The molecule has 0 radical (unpaired) electrons. The van der Waals surface area contributed by atoms with Crippen LogP contribution in [0.1, 0.15) is 11.4 Å². The average Bonchev–Trinajstić information content (AvgIpc) is 2.45. The second-order valence-electron chi connectivity index (χ2n) is 3.34. The van der Waals surface area contributed by atoms with Crippen LogP contribution in [0.25, 0.3) is 0 Å². The van der Waals surface area contributed by atoms with Gasteiger partial charge in [-0.2, -0.15) is 0 Å². The summed E-state index contributed by atoms with van der Waals surface area (Å²) in [7, 11) is 1.82. The summed E-state index contributed by atoms with van der Waals surface area (Å²) in [5.74, 6) is 0.825. The number of hydrogen-bond donors (Lipinski definition) is 1. The third kappa shape index (κ3) is 2.27. The molecule has 2 N–H and O–H groups in total. The Balaban J connectivity index is 2.25. The molecule has 0 spiro atoms. The molecule has 4 nitrogen and oxygen atoms in total. The maximum Gasteiger partial charge on any atom is 0.242 e. The Kier molecular flexibility index (Phi) is 2.60. The fourth-order valence-electron chi connectivity index (χ4n) is 1.42. The molecule has 0 fully saturated rings. The van der Waals surface area contributed by atoms with Crippen LogP contribution in [0.4, 0.5) is 5.69 Å². The normalized spacial score (nSPS) is 10.5. The molecule has 0 bridgehead atoms. The van der Waals surface area contributed by atoms with Crippen molar-refractivity contribution in [1.29, 1.82) is 0 Å². The Morgan fingerprint density at radius 2 is 2.27 bits per heavy atom. The second-order valence-corrected chi connectivity index (χ2v) is 3.68. The number of nitrogen functional groups attached to an aromatic ring is 1. The van der Waals surface area contributed by atoms with Crippen LogP contribution in [0.2, 0.25) is 5.28 Å². The topological polar surface area (TPSA) is 56.7 Å². The van der Waals surface area contributed by atoms with E-state index in [4.69, 9.17) is 17.3 Å². The standard InChI is InChI=1S/C10H11ClN4/c1-15-9(13-10(11)14-15)6-7-3-2-4-8(12)5-7/h2-5H,6,12H2,1H3. The van der Waals surface area contributed by atoms with E-state index in [2.05, 4.69) is 10.1 Å². The van der Waals surface area contributed by atoms with E-state index < -0.39 is 0 Å². The van der Waals surface area contributed by atoms with Gasteiger partial charge in [0.25, 0.3) is 0 Å². The lowest BCUT2D eigenvalue weighted by Crippen LogP contribution is -2.00. The van der Waals surface area contributed by atoms with E-state index in [-0.39, 0.29) is 5.28 Å². The molecule has 0 aliphatic rings. The molecule has 0 aliphatic heterocycles. The van der Waals surface area contributed by atoms with Gasteiger partial charge in [0, 0.05) is 19.2 Å². The minimum absolute atomic E-state index is 0.274. The van der Waals surface area contributed by atoms with Gasteiger partial charge in [0.1, 0.15) is 5.82 Å². The maximum atomic E-state index is 5.70. The summed E-state index contributed by atoms with van der Waals surface area (Å²) in [6, 6.07) is 7.69. The minimum atomic E-state index is 0.274. The number of hydrogen-bond acceptors (Lipinski definition) is 3. The van der Waals surface area contributed by atoms with Gasteiger partial charge in [-0.3, -0.25) is 4.68 Å². The zero-order valence-corrected chi connectivity index (χ0v) is 9.07. The molecular weight excluding hydrogens is 212 g/mol. The molecule has 2 aromatic rings. The summed E-state index contributed by atoms with van der Waals surface area (Å²) in [5, 5.41) is 4.24. The van der Waals surface area contributed by atoms with Gasteiger partial charge in [-0.25, -0.2) is 4.98 Å². The highest BCUT2D eigenvalue weighted by Gasteiger charge is 2.05. The van der Waals surface area contributed by atoms with Crippen molar-refractivity contribution in [2.75, 3.05) is 5.73 Å². The van der Waals surface area contributed by atoms with E-state index in [0.717, 1.165) is 17.1 Å². The van der Waals surface area contributed by atoms with Gasteiger partial charge in [-0.1, -0.05) is 12.1 Å². The second kappa shape index (κ2) is 3.90. The van der Waals surface area contributed by atoms with Crippen LogP contribution in [0.3, 0.4) is 0 Å². The van der Waals surface area contributed by atoms with Gasteiger partial charge < -0.3 is 5.73 Å². The first kappa shape index (κ1) is 9.98. The smallest absolute Gasteiger partial charge is 0.242 e. The molecule has 0 saturated heterocycles. The van der Waals surface area contributed by atoms with Gasteiger partial charge >= 0.3 is 0 Å². The van der Waals surface area contributed by atoms with Crippen LogP contribution < -0.4 is 5.73 Å². The van der Waals surface area contributed by atoms with E-state index >= 15 is 0 Å². The lowest BCUT2D eigenvalue weighted by atomic mass is 10.1. The number of rotatable bonds is 2. The molecule has 1 heterocycles. The third-order valence-electron chi connectivity index (χ3n) is 2.14. The Morgan fingerprint density at radius 1 is 1.47 bits per heavy atom. The predicted molar refractivity (Wildman–Crippen MR) is 59.7 cm³/mol. The molecule has 1 aromatic carbocycles. The largest absolute Gasteiger partial charge is 0.399 e. The van der Waals surface area contributed by atoms with E-state index in [9.17, 15) is 0 Å². The Labute approximate surface area is 92.7 Å². The zero-order valence-electron chi connectivity index (χ0n) is 8.31. The number of halogens is 1. The highest BCUT2D eigenvalue weighted by atomic mass is 35.5. The van der Waals surface area contributed by atoms with Crippen molar-refractivity contribution in [3.8, 4) is 0 Å². The van der Waals surface area contributed by atoms with Crippen molar-refractivity contribution in [1.82, 2.24) is 14.8 Å². The van der Waals surface area contributed by atoms with E-state index in [1.807, 2.05) is 31.3 Å². The molecule has 2 rings (SSSR count). The summed E-state index contributed by atoms with van der Waals surface area (Å²) in [5.41, 5.74) is 7.54. The first-order valence-corrected chi connectivity index (χ1v) is 4.93. The predicted octanol–water partition coefficient (Wildman–Crippen LogP) is 1.64. The summed E-state index contributed by atoms with van der Waals surface area (Å²) < 4.78 is 1.67. The van der Waals surface area contributed by atoms with Crippen molar-refractivity contribution in [3.05, 3.63) is 40.9 Å². The Hall–Kier alpha value is -1.55. The Morgan fingerprint density at radius 3 is 2.87 bits per heavy atom. The van der Waals surface area contributed by atoms with Crippen molar-refractivity contribution >= 4 is 17.3 Å². The van der Waals surface area contributed by atoms with Crippen molar-refractivity contribution < 1.29 is 0 Å². The molecule has 0 amide bonds. The summed E-state index contributed by atoms with van der Waals surface area (Å²) in [6.45, 7) is 0. The van der Waals surface area contributed by atoms with Gasteiger partial charge in [0.05, 0.1) is 0 Å². The molecule has 5 heteroatoms. The maximum absolute atomic E-state index is 5.70. The first-order chi connectivity index (χ1) is 7.15. The molecule has 0 saturated carbocycles. The van der Waals surface area contributed by atoms with Crippen LogP contribution >= 0.6 is 11.6 Å². The van der Waals surface area contributed by atoms with Crippen LogP contribution in [0, 0.1) is 0 Å². The SMILES string of the molecule is Cn1nc(Cl)nc1Cc1cccc(N)c1. The lowest BCUT2D eigenvalue weighted by molar-refractivity contribution is 0.716. The molecule has 0 atom stereocenters. The van der Waals surface area contributed by atoms with Crippen molar-refractivity contribution in [3.63, 3.8) is 0 Å². The fraction of sp³-hybridized carbons (Fsp3) is 0.200. The van der Waals surface area contributed by atoms with E-state index in [0.29, 0.717) is 6.42 Å². The van der Waals surface area contributed by atoms with Gasteiger partial charge in [-0.15, -0.1) is 5.10 Å². The number of nitrogens with two attached hydrogens (primary N) is 1. The Bertz CT molecular complexity index is 478. The lowest BCUT2D eigenvalue weighted by Gasteiger charge is -2.01. The summed E-state index contributed by atoms with van der Waals surface area (Å²) >= 11 is 5.70. The molecule has 0 unspecified atom stereocenters. The monoisotopic (exact) mass is 222 g/mol. The van der Waals surface area contributed by atoms with Crippen LogP contribution in [-0.4, -0.2) is 14.8 Å². The third-order valence-corrected chi connectivity index (χ3v) is 2.30. The van der Waals surface area contributed by atoms with Crippen molar-refractivity contribution in [2.45, 2.75) is 6.42 Å². The van der Waals surface area contributed by atoms with Crippen LogP contribution in [0.15, 0.2) is 24.3 Å². The number of anilines is 1. The van der Waals surface area contributed by atoms with Gasteiger partial charge in [-0.05, 0) is 29.3 Å². The number of nitrogens with zero attached hydrogens (tertiary/aromatic N) is 3. The van der Waals surface area contributed by atoms with Crippen molar-refractivity contribution in [2.24, 2.45) is 7.05 Å². The number of benzene rings is 1. The summed E-state index contributed by atoms with van der Waals surface area (Å²) in [4.78, 5) is 4.11. The number of aryl methyl sites for hydroxylation is 1. The minimum Gasteiger partial charge on any atom is -0.399 e. The molecular formula is C10H11ClN4. The van der Waals surface area contributed by atoms with Gasteiger partial charge in [0.2, 0.25) is 5.28 Å². The zero-order chi connectivity index (χ0) is 10.8. The van der Waals surface area contributed by atoms with E-state index in [1.54, 1.807) is 4.68 Å². The number of aromatic nitrogens is 3. The van der Waals surface area contributed by atoms with Crippen LogP contribution in [-0.2, 0) is 13.5 Å². The highest BCUT2D eigenvalue weighted by Crippen LogP contribution is 2.12. The average molecular weight is 223 g/mol. The first-order valence-electron chi connectivity index (χ1n) is 4.55.